The summed E-state index contributed by atoms with van der Waals surface area (Å²) in [6, 6.07) is 9.49. The fourth-order valence-electron chi connectivity index (χ4n) is 1.90. The molecule has 0 N–H and O–H groups in total. The third kappa shape index (κ3) is 2.87. The standard InChI is InChI=1S/C15H8F6O4/c16-13(17,11(22)23)15(20,21)14(18,19)12(24)25-10-7-3-5-8-4-1-2-6-9(8)10/h1-7H,(H,22,23)/p-1. The van der Waals surface area contributed by atoms with Gasteiger partial charge in [-0.2, -0.15) is 26.3 Å². The number of hydrogen-bond acceptors (Lipinski definition) is 4. The molecule has 2 aromatic rings. The molecular formula is C15H7F6O4-. The van der Waals surface area contributed by atoms with Crippen LogP contribution in [0.5, 0.6) is 5.75 Å². The van der Waals surface area contributed by atoms with Crippen molar-refractivity contribution in [2.24, 2.45) is 0 Å². The van der Waals surface area contributed by atoms with Gasteiger partial charge in [0.15, 0.2) is 0 Å². The van der Waals surface area contributed by atoms with Crippen LogP contribution in [0.15, 0.2) is 42.5 Å². The van der Waals surface area contributed by atoms with Crippen LogP contribution in [0.4, 0.5) is 26.3 Å². The Morgan fingerprint density at radius 2 is 1.40 bits per heavy atom. The molecule has 134 valence electrons. The van der Waals surface area contributed by atoms with Gasteiger partial charge in [0.05, 0.1) is 0 Å². The van der Waals surface area contributed by atoms with Gasteiger partial charge in [-0.1, -0.05) is 36.4 Å². The van der Waals surface area contributed by atoms with Crippen LogP contribution in [0.3, 0.4) is 0 Å². The van der Waals surface area contributed by atoms with E-state index in [-0.39, 0.29) is 5.39 Å². The van der Waals surface area contributed by atoms with E-state index in [1.807, 2.05) is 0 Å². The first-order valence-electron chi connectivity index (χ1n) is 6.48. The number of aliphatic carboxylic acids is 1. The van der Waals surface area contributed by atoms with Crippen molar-refractivity contribution in [2.75, 3.05) is 0 Å². The number of carbonyl (C=O) groups excluding carboxylic acids is 2. The van der Waals surface area contributed by atoms with Crippen LogP contribution in [-0.4, -0.2) is 29.7 Å². The summed E-state index contributed by atoms with van der Waals surface area (Å²) < 4.78 is 83.5. The Labute approximate surface area is 135 Å². The maximum Gasteiger partial charge on any atom is 0.411 e. The lowest BCUT2D eigenvalue weighted by Gasteiger charge is -2.31. The van der Waals surface area contributed by atoms with Crippen LogP contribution in [-0.2, 0) is 9.59 Å². The minimum absolute atomic E-state index is 0.0733. The van der Waals surface area contributed by atoms with E-state index in [1.54, 1.807) is 6.07 Å². The summed E-state index contributed by atoms with van der Waals surface area (Å²) in [5.74, 6) is -26.4. The molecule has 0 radical (unpaired) electrons. The van der Waals surface area contributed by atoms with Crippen LogP contribution in [0, 0.1) is 0 Å². The smallest absolute Gasteiger partial charge is 0.411 e. The summed E-state index contributed by atoms with van der Waals surface area (Å²) in [6.07, 6.45) is 0. The maximum absolute atomic E-state index is 13.5. The summed E-state index contributed by atoms with van der Waals surface area (Å²) in [5.41, 5.74) is 0. The predicted octanol–water partition coefficient (Wildman–Crippen LogP) is 2.40. The highest BCUT2D eigenvalue weighted by molar-refractivity contribution is 5.92. The number of carbonyl (C=O) groups is 2. The Kier molecular flexibility index (Phi) is 4.41. The molecule has 0 amide bonds. The minimum atomic E-state index is -6.57. The molecule has 0 aliphatic carbocycles. The molecule has 10 heteroatoms. The Morgan fingerprint density at radius 1 is 0.840 bits per heavy atom. The first-order chi connectivity index (χ1) is 11.4. The van der Waals surface area contributed by atoms with Crippen LogP contribution >= 0.6 is 0 Å². The number of rotatable bonds is 5. The number of benzene rings is 2. The van der Waals surface area contributed by atoms with Gasteiger partial charge in [0, 0.05) is 5.39 Å². The summed E-state index contributed by atoms with van der Waals surface area (Å²) >= 11 is 0. The fourth-order valence-corrected chi connectivity index (χ4v) is 1.90. The second kappa shape index (κ2) is 5.94. The predicted molar refractivity (Wildman–Crippen MR) is 69.4 cm³/mol. The zero-order chi connectivity index (χ0) is 19.0. The van der Waals surface area contributed by atoms with Gasteiger partial charge >= 0.3 is 23.7 Å². The molecule has 25 heavy (non-hydrogen) atoms. The van der Waals surface area contributed by atoms with Crippen molar-refractivity contribution in [3.05, 3.63) is 42.5 Å². The van der Waals surface area contributed by atoms with Gasteiger partial charge in [0.2, 0.25) is 0 Å². The molecule has 4 nitrogen and oxygen atoms in total. The van der Waals surface area contributed by atoms with Gasteiger partial charge in [-0.05, 0) is 11.5 Å². The third-order valence-corrected chi connectivity index (χ3v) is 3.25. The molecule has 2 rings (SSSR count). The number of carboxylic acids is 1. The molecular weight excluding hydrogens is 358 g/mol. The van der Waals surface area contributed by atoms with Crippen molar-refractivity contribution < 1.29 is 45.8 Å². The average molecular weight is 365 g/mol. The van der Waals surface area contributed by atoms with Gasteiger partial charge in [-0.3, -0.25) is 0 Å². The van der Waals surface area contributed by atoms with Crippen molar-refractivity contribution in [1.82, 2.24) is 0 Å². The van der Waals surface area contributed by atoms with E-state index in [1.165, 1.54) is 30.3 Å². The molecule has 0 aliphatic heterocycles. The van der Waals surface area contributed by atoms with Crippen molar-refractivity contribution in [2.45, 2.75) is 17.8 Å². The van der Waals surface area contributed by atoms with Crippen molar-refractivity contribution in [3.8, 4) is 5.75 Å². The third-order valence-electron chi connectivity index (χ3n) is 3.25. The number of ether oxygens (including phenoxy) is 1. The molecule has 0 heterocycles. The number of hydrogen-bond donors (Lipinski definition) is 0. The molecule has 0 unspecified atom stereocenters. The Bertz CT molecular complexity index is 828. The highest BCUT2D eigenvalue weighted by Gasteiger charge is 2.76. The van der Waals surface area contributed by atoms with E-state index in [0.717, 1.165) is 6.07 Å². The molecule has 0 aliphatic rings. The van der Waals surface area contributed by atoms with E-state index in [0.29, 0.717) is 5.39 Å². The highest BCUT2D eigenvalue weighted by Crippen LogP contribution is 2.46. The lowest BCUT2D eigenvalue weighted by molar-refractivity contribution is -0.365. The van der Waals surface area contributed by atoms with Crippen LogP contribution in [0.1, 0.15) is 0 Å². The number of carboxylic acid groups (broad SMARTS) is 1. The SMILES string of the molecule is O=C([O-])C(F)(F)C(F)(F)C(F)(F)C(=O)Oc1cccc2ccccc12. The molecule has 0 bridgehead atoms. The summed E-state index contributed by atoms with van der Waals surface area (Å²) in [6.45, 7) is 0. The topological polar surface area (TPSA) is 66.4 Å². The number of fused-ring (bicyclic) bond motifs is 1. The largest absolute Gasteiger partial charge is 0.544 e. The van der Waals surface area contributed by atoms with Gasteiger partial charge in [-0.25, -0.2) is 4.79 Å². The lowest BCUT2D eigenvalue weighted by atomic mass is 10.0. The maximum atomic E-state index is 13.5. The van der Waals surface area contributed by atoms with E-state index < -0.39 is 35.5 Å². The van der Waals surface area contributed by atoms with Gasteiger partial charge < -0.3 is 14.6 Å². The molecule has 0 atom stereocenters. The minimum Gasteiger partial charge on any atom is -0.544 e. The monoisotopic (exact) mass is 365 g/mol. The van der Waals surface area contributed by atoms with Crippen molar-refractivity contribution in [1.29, 1.82) is 0 Å². The van der Waals surface area contributed by atoms with Crippen molar-refractivity contribution in [3.63, 3.8) is 0 Å². The lowest BCUT2D eigenvalue weighted by Crippen LogP contribution is -2.64. The van der Waals surface area contributed by atoms with E-state index >= 15 is 0 Å². The van der Waals surface area contributed by atoms with E-state index in [2.05, 4.69) is 4.74 Å². The van der Waals surface area contributed by atoms with Crippen molar-refractivity contribution >= 4 is 22.7 Å². The van der Waals surface area contributed by atoms with Crippen LogP contribution in [0.25, 0.3) is 10.8 Å². The number of halogens is 6. The molecule has 0 saturated heterocycles. The normalized spacial score (nSPS) is 12.9. The van der Waals surface area contributed by atoms with Crippen LogP contribution in [0.2, 0.25) is 0 Å². The molecule has 0 spiro atoms. The summed E-state index contributed by atoms with van der Waals surface area (Å²) in [7, 11) is 0. The number of esters is 1. The van der Waals surface area contributed by atoms with Crippen LogP contribution < -0.4 is 9.84 Å². The molecule has 2 aromatic carbocycles. The quantitative estimate of drug-likeness (QED) is 0.464. The molecule has 0 saturated carbocycles. The Hall–Kier alpha value is -2.78. The Balaban J connectivity index is 2.40. The molecule has 0 fully saturated rings. The molecule has 0 aromatic heterocycles. The van der Waals surface area contributed by atoms with Gasteiger partial charge in [-0.15, -0.1) is 0 Å². The average Bonchev–Trinajstić information content (AvgIpc) is 2.54. The number of alkyl halides is 6. The summed E-state index contributed by atoms with van der Waals surface area (Å²) in [5, 5.41) is 10.5. The first kappa shape index (κ1) is 18.6. The van der Waals surface area contributed by atoms with E-state index in [9.17, 15) is 41.0 Å². The van der Waals surface area contributed by atoms with Gasteiger partial charge in [0.1, 0.15) is 11.7 Å². The highest BCUT2D eigenvalue weighted by atomic mass is 19.3. The second-order valence-corrected chi connectivity index (χ2v) is 4.88. The zero-order valence-electron chi connectivity index (χ0n) is 11.9. The second-order valence-electron chi connectivity index (χ2n) is 4.88. The first-order valence-corrected chi connectivity index (χ1v) is 6.48. The Morgan fingerprint density at radius 3 is 2.00 bits per heavy atom. The van der Waals surface area contributed by atoms with Gasteiger partial charge in [0.25, 0.3) is 0 Å². The van der Waals surface area contributed by atoms with E-state index in [4.69, 9.17) is 0 Å². The zero-order valence-corrected chi connectivity index (χ0v) is 11.9. The fraction of sp³-hybridized carbons (Fsp3) is 0.200. The summed E-state index contributed by atoms with van der Waals surface area (Å²) in [4.78, 5) is 21.4.